The first-order valence-corrected chi connectivity index (χ1v) is 5.74. The Hall–Kier alpha value is -0.340. The van der Waals surface area contributed by atoms with Crippen LogP contribution in [-0.2, 0) is 12.8 Å². The lowest BCUT2D eigenvalue weighted by Gasteiger charge is -2.14. The normalized spacial score (nSPS) is 17.0. The van der Waals surface area contributed by atoms with Crippen molar-refractivity contribution >= 4 is 23.2 Å². The van der Waals surface area contributed by atoms with Gasteiger partial charge in [-0.05, 0) is 36.8 Å². The van der Waals surface area contributed by atoms with Crippen LogP contribution in [0.1, 0.15) is 36.8 Å². The molecule has 1 aliphatic rings. The molecule has 2 rings (SSSR count). The smallest absolute Gasteiger partial charge is 0.137 e. The van der Waals surface area contributed by atoms with Crippen molar-refractivity contribution in [2.75, 3.05) is 0 Å². The monoisotopic (exact) mass is 230 g/mol. The summed E-state index contributed by atoms with van der Waals surface area (Å²) in [6, 6.07) is 0. The fourth-order valence-corrected chi connectivity index (χ4v) is 2.42. The van der Waals surface area contributed by atoms with Gasteiger partial charge in [0.2, 0.25) is 0 Å². The molecule has 1 heterocycles. The van der Waals surface area contributed by atoms with Crippen molar-refractivity contribution in [2.45, 2.75) is 38.5 Å². The summed E-state index contributed by atoms with van der Waals surface area (Å²) in [5, 5.41) is 8.76. The maximum absolute atomic E-state index is 6.01. The zero-order valence-corrected chi connectivity index (χ0v) is 9.40. The van der Waals surface area contributed by atoms with Gasteiger partial charge in [-0.15, -0.1) is 10.2 Å². The number of hydrogen-bond acceptors (Lipinski definition) is 2. The highest BCUT2D eigenvalue weighted by atomic mass is 35.5. The molecule has 0 saturated heterocycles. The fraction of sp³-hybridized carbons (Fsp3) is 0.600. The van der Waals surface area contributed by atoms with Gasteiger partial charge in [0, 0.05) is 0 Å². The molecule has 1 aliphatic carbocycles. The number of halogens is 2. The predicted octanol–water partition coefficient (Wildman–Crippen LogP) is 3.44. The van der Waals surface area contributed by atoms with Gasteiger partial charge in [-0.3, -0.25) is 0 Å². The number of aromatic nitrogens is 2. The van der Waals surface area contributed by atoms with E-state index in [1.165, 1.54) is 25.7 Å². The largest absolute Gasteiger partial charge is 0.155 e. The van der Waals surface area contributed by atoms with Crippen LogP contribution in [0.4, 0.5) is 0 Å². The second kappa shape index (κ2) is 4.45. The molecule has 1 aromatic rings. The minimum absolute atomic E-state index is 0.534. The van der Waals surface area contributed by atoms with Gasteiger partial charge < -0.3 is 0 Å². The van der Waals surface area contributed by atoms with Crippen LogP contribution in [0.3, 0.4) is 0 Å². The van der Waals surface area contributed by atoms with Gasteiger partial charge in [0.1, 0.15) is 0 Å². The molecule has 4 heteroatoms. The zero-order chi connectivity index (χ0) is 9.97. The second-order valence-corrected chi connectivity index (χ2v) is 4.37. The van der Waals surface area contributed by atoms with Crippen LogP contribution in [-0.4, -0.2) is 10.2 Å². The van der Waals surface area contributed by atoms with Crippen molar-refractivity contribution in [3.8, 4) is 0 Å². The van der Waals surface area contributed by atoms with Gasteiger partial charge in [-0.25, -0.2) is 0 Å². The quantitative estimate of drug-likeness (QED) is 0.683. The maximum atomic E-state index is 6.01. The molecule has 0 atom stereocenters. The van der Waals surface area contributed by atoms with Gasteiger partial charge in [0.05, 0.1) is 0 Å². The van der Waals surface area contributed by atoms with Crippen molar-refractivity contribution < 1.29 is 0 Å². The Morgan fingerprint density at radius 1 is 0.714 bits per heavy atom. The maximum Gasteiger partial charge on any atom is 0.155 e. The molecule has 14 heavy (non-hydrogen) atoms. The van der Waals surface area contributed by atoms with Crippen molar-refractivity contribution in [2.24, 2.45) is 0 Å². The first-order valence-electron chi connectivity index (χ1n) is 4.98. The molecule has 0 bridgehead atoms. The fourth-order valence-electron chi connectivity index (χ4n) is 1.92. The molecule has 0 spiro atoms. The number of nitrogens with zero attached hydrogens (tertiary/aromatic N) is 2. The minimum atomic E-state index is 0.534. The van der Waals surface area contributed by atoms with E-state index in [1.54, 1.807) is 0 Å². The first kappa shape index (κ1) is 10.2. The molecule has 0 N–H and O–H groups in total. The van der Waals surface area contributed by atoms with E-state index < -0.39 is 0 Å². The Morgan fingerprint density at radius 2 is 1.14 bits per heavy atom. The van der Waals surface area contributed by atoms with Crippen LogP contribution in [0.5, 0.6) is 0 Å². The molecule has 0 amide bonds. The lowest BCUT2D eigenvalue weighted by atomic mass is 9.96. The molecular formula is C10H12Cl2N2. The van der Waals surface area contributed by atoms with Gasteiger partial charge >= 0.3 is 0 Å². The van der Waals surface area contributed by atoms with E-state index in [1.807, 2.05) is 0 Å². The van der Waals surface area contributed by atoms with Crippen LogP contribution >= 0.6 is 23.2 Å². The molecular weight excluding hydrogens is 219 g/mol. The Morgan fingerprint density at radius 3 is 1.57 bits per heavy atom. The third-order valence-electron chi connectivity index (χ3n) is 2.69. The Labute approximate surface area is 93.6 Å². The average Bonchev–Trinajstić information content (AvgIpc) is 2.11. The molecule has 76 valence electrons. The molecule has 1 aromatic heterocycles. The standard InChI is InChI=1S/C10H12Cl2N2/c11-9-7-5-3-1-2-4-6-8(7)10(12)14-13-9/h1-6H2. The van der Waals surface area contributed by atoms with Crippen LogP contribution in [0, 0.1) is 0 Å². The van der Waals surface area contributed by atoms with Crippen molar-refractivity contribution in [3.63, 3.8) is 0 Å². The molecule has 0 unspecified atom stereocenters. The summed E-state index contributed by atoms with van der Waals surface area (Å²) < 4.78 is 0. The highest BCUT2D eigenvalue weighted by molar-refractivity contribution is 6.32. The third-order valence-corrected chi connectivity index (χ3v) is 3.30. The summed E-state index contributed by atoms with van der Waals surface area (Å²) in [4.78, 5) is 0. The highest BCUT2D eigenvalue weighted by Gasteiger charge is 2.15. The number of fused-ring (bicyclic) bond motifs is 1. The molecule has 0 saturated carbocycles. The summed E-state index contributed by atoms with van der Waals surface area (Å²) in [6.45, 7) is 0. The van der Waals surface area contributed by atoms with Crippen LogP contribution in [0.2, 0.25) is 10.3 Å². The average molecular weight is 231 g/mol. The Kier molecular flexibility index (Phi) is 3.24. The lowest BCUT2D eigenvalue weighted by Crippen LogP contribution is -2.04. The van der Waals surface area contributed by atoms with Gasteiger partial charge in [-0.2, -0.15) is 0 Å². The van der Waals surface area contributed by atoms with Crippen molar-refractivity contribution in [1.82, 2.24) is 10.2 Å². The van der Waals surface area contributed by atoms with E-state index in [4.69, 9.17) is 23.2 Å². The van der Waals surface area contributed by atoms with Crippen molar-refractivity contribution in [3.05, 3.63) is 21.4 Å². The lowest BCUT2D eigenvalue weighted by molar-refractivity contribution is 0.612. The van der Waals surface area contributed by atoms with Crippen molar-refractivity contribution in [1.29, 1.82) is 0 Å². The number of hydrogen-bond donors (Lipinski definition) is 0. The molecule has 2 nitrogen and oxygen atoms in total. The first-order chi connectivity index (χ1) is 6.79. The van der Waals surface area contributed by atoms with Crippen LogP contribution in [0.15, 0.2) is 0 Å². The molecule has 0 radical (unpaired) electrons. The second-order valence-electron chi connectivity index (χ2n) is 3.65. The zero-order valence-electron chi connectivity index (χ0n) is 7.89. The highest BCUT2D eigenvalue weighted by Crippen LogP contribution is 2.28. The van der Waals surface area contributed by atoms with E-state index in [-0.39, 0.29) is 0 Å². The topological polar surface area (TPSA) is 25.8 Å². The summed E-state index contributed by atoms with van der Waals surface area (Å²) in [5.41, 5.74) is 2.23. The molecule has 0 aromatic carbocycles. The predicted molar refractivity (Wildman–Crippen MR) is 57.9 cm³/mol. The van der Waals surface area contributed by atoms with E-state index in [2.05, 4.69) is 10.2 Å². The summed E-state index contributed by atoms with van der Waals surface area (Å²) in [7, 11) is 0. The minimum Gasteiger partial charge on any atom is -0.137 e. The van der Waals surface area contributed by atoms with Crippen LogP contribution in [0.25, 0.3) is 0 Å². The summed E-state index contributed by atoms with van der Waals surface area (Å²) in [5.74, 6) is 0. The third kappa shape index (κ3) is 2.01. The van der Waals surface area contributed by atoms with Gasteiger partial charge in [-0.1, -0.05) is 36.0 Å². The van der Waals surface area contributed by atoms with Gasteiger partial charge in [0.25, 0.3) is 0 Å². The molecule has 0 aliphatic heterocycles. The SMILES string of the molecule is Clc1nnc(Cl)c2c1CCCCCC2. The van der Waals surface area contributed by atoms with E-state index in [0.717, 1.165) is 24.0 Å². The van der Waals surface area contributed by atoms with E-state index in [0.29, 0.717) is 10.3 Å². The summed E-state index contributed by atoms with van der Waals surface area (Å²) >= 11 is 12.0. The molecule has 0 fully saturated rings. The van der Waals surface area contributed by atoms with Gasteiger partial charge in [0.15, 0.2) is 10.3 Å². The van der Waals surface area contributed by atoms with E-state index in [9.17, 15) is 0 Å². The summed E-state index contributed by atoms with van der Waals surface area (Å²) in [6.07, 6.45) is 6.88. The Bertz CT molecular complexity index is 306. The van der Waals surface area contributed by atoms with Crippen LogP contribution < -0.4 is 0 Å². The number of rotatable bonds is 0. The van der Waals surface area contributed by atoms with E-state index >= 15 is 0 Å². The Balaban J connectivity index is 2.42.